The summed E-state index contributed by atoms with van der Waals surface area (Å²) in [5.41, 5.74) is 0.551. The van der Waals surface area contributed by atoms with Crippen molar-refractivity contribution in [2.24, 2.45) is 0 Å². The molecule has 0 spiro atoms. The van der Waals surface area contributed by atoms with Crippen LogP contribution in [-0.4, -0.2) is 27.6 Å². The van der Waals surface area contributed by atoms with E-state index in [1.165, 1.54) is 4.68 Å². The van der Waals surface area contributed by atoms with Crippen molar-refractivity contribution in [3.8, 4) is 10.6 Å². The van der Waals surface area contributed by atoms with E-state index >= 15 is 0 Å². The van der Waals surface area contributed by atoms with Crippen LogP contribution in [0.3, 0.4) is 0 Å². The monoisotopic (exact) mass is 398 g/mol. The Morgan fingerprint density at radius 1 is 1.04 bits per heavy atom. The number of rotatable bonds is 7. The number of benzene rings is 1. The van der Waals surface area contributed by atoms with E-state index in [0.717, 1.165) is 20.8 Å². The molecular weight excluding hydrogens is 380 g/mol. The van der Waals surface area contributed by atoms with Crippen LogP contribution in [0.4, 0.5) is 0 Å². The van der Waals surface area contributed by atoms with Gasteiger partial charge in [0.05, 0.1) is 36.1 Å². The molecule has 5 nitrogen and oxygen atoms in total. The molecule has 4 aromatic rings. The summed E-state index contributed by atoms with van der Waals surface area (Å²) in [4.78, 5) is 14.9. The fraction of sp³-hybridized carbons (Fsp3) is 0.200. The van der Waals surface area contributed by atoms with Crippen LogP contribution in [0.2, 0.25) is 0 Å². The molecule has 1 atom stereocenters. The Kier molecular flexibility index (Phi) is 5.45. The first-order chi connectivity index (χ1) is 13.2. The SMILES string of the molecule is O=c1c2ccccc2c(-c2cccs2)nn1C[C@H](O)COCc1cccs1. The predicted octanol–water partition coefficient (Wildman–Crippen LogP) is 3.76. The van der Waals surface area contributed by atoms with Crippen LogP contribution in [0.25, 0.3) is 21.3 Å². The molecule has 0 aliphatic carbocycles. The Hall–Kier alpha value is -2.32. The second-order valence-electron chi connectivity index (χ2n) is 6.11. The van der Waals surface area contributed by atoms with E-state index in [2.05, 4.69) is 5.10 Å². The van der Waals surface area contributed by atoms with Gasteiger partial charge >= 0.3 is 0 Å². The number of hydrogen-bond donors (Lipinski definition) is 1. The van der Waals surface area contributed by atoms with E-state index in [0.29, 0.717) is 12.0 Å². The molecule has 3 heterocycles. The first-order valence-corrected chi connectivity index (χ1v) is 10.3. The molecule has 3 aromatic heterocycles. The Bertz CT molecular complexity index is 1070. The fourth-order valence-corrected chi connectivity index (χ4v) is 4.26. The molecule has 0 aliphatic heterocycles. The highest BCUT2D eigenvalue weighted by atomic mass is 32.1. The van der Waals surface area contributed by atoms with Gasteiger partial charge in [0.15, 0.2) is 0 Å². The maximum absolute atomic E-state index is 12.8. The number of thiophene rings is 2. The minimum absolute atomic E-state index is 0.0898. The summed E-state index contributed by atoms with van der Waals surface area (Å²) in [6.45, 7) is 0.689. The molecule has 138 valence electrons. The molecule has 0 bridgehead atoms. The third-order valence-corrected chi connectivity index (χ3v) is 5.87. The molecule has 4 rings (SSSR count). The van der Waals surface area contributed by atoms with E-state index in [1.54, 1.807) is 28.7 Å². The summed E-state index contributed by atoms with van der Waals surface area (Å²) in [7, 11) is 0. The molecular formula is C20H18N2O3S2. The van der Waals surface area contributed by atoms with Crippen LogP contribution in [0.1, 0.15) is 4.88 Å². The summed E-state index contributed by atoms with van der Waals surface area (Å²) in [6, 6.07) is 15.3. The summed E-state index contributed by atoms with van der Waals surface area (Å²) in [5, 5.41) is 20.3. The van der Waals surface area contributed by atoms with Gasteiger partial charge in [0.2, 0.25) is 0 Å². The van der Waals surface area contributed by atoms with Crippen molar-refractivity contribution >= 4 is 33.4 Å². The number of aliphatic hydroxyl groups is 1. The van der Waals surface area contributed by atoms with Crippen LogP contribution >= 0.6 is 22.7 Å². The van der Waals surface area contributed by atoms with Crippen LogP contribution < -0.4 is 5.56 Å². The second-order valence-corrected chi connectivity index (χ2v) is 8.09. The standard InChI is InChI=1S/C20H18N2O3S2/c23-14(12-25-13-15-5-3-9-26-15)11-22-20(24)17-7-2-1-6-16(17)19(21-22)18-8-4-10-27-18/h1-10,14,23H,11-13H2/t14-/m0/s1. The lowest BCUT2D eigenvalue weighted by atomic mass is 10.1. The summed E-state index contributed by atoms with van der Waals surface area (Å²) in [5.74, 6) is 0. The molecule has 0 saturated carbocycles. The van der Waals surface area contributed by atoms with Gasteiger partial charge in [-0.2, -0.15) is 5.10 Å². The molecule has 1 aromatic carbocycles. The minimum Gasteiger partial charge on any atom is -0.389 e. The van der Waals surface area contributed by atoms with E-state index in [9.17, 15) is 9.90 Å². The zero-order valence-electron chi connectivity index (χ0n) is 14.4. The van der Waals surface area contributed by atoms with Gasteiger partial charge in [0.25, 0.3) is 5.56 Å². The maximum atomic E-state index is 12.8. The number of nitrogens with zero attached hydrogens (tertiary/aromatic N) is 2. The number of hydrogen-bond acceptors (Lipinski definition) is 6. The second kappa shape index (κ2) is 8.14. The maximum Gasteiger partial charge on any atom is 0.274 e. The van der Waals surface area contributed by atoms with E-state index < -0.39 is 6.10 Å². The molecule has 0 unspecified atom stereocenters. The molecule has 0 aliphatic rings. The normalized spacial score (nSPS) is 12.5. The molecule has 7 heteroatoms. The van der Waals surface area contributed by atoms with Crippen LogP contribution in [0.15, 0.2) is 64.1 Å². The van der Waals surface area contributed by atoms with Gasteiger partial charge in [-0.25, -0.2) is 4.68 Å². The smallest absolute Gasteiger partial charge is 0.274 e. The Morgan fingerprint density at radius 3 is 2.56 bits per heavy atom. The molecule has 27 heavy (non-hydrogen) atoms. The zero-order valence-corrected chi connectivity index (χ0v) is 16.1. The number of ether oxygens (including phenoxy) is 1. The van der Waals surface area contributed by atoms with Gasteiger partial charge in [-0.15, -0.1) is 22.7 Å². The topological polar surface area (TPSA) is 64.4 Å². The third kappa shape index (κ3) is 4.01. The predicted molar refractivity (Wildman–Crippen MR) is 109 cm³/mol. The fourth-order valence-electron chi connectivity index (χ4n) is 2.90. The number of aliphatic hydroxyl groups excluding tert-OH is 1. The van der Waals surface area contributed by atoms with Crippen molar-refractivity contribution < 1.29 is 9.84 Å². The lowest BCUT2D eigenvalue weighted by molar-refractivity contribution is 0.0190. The Balaban J connectivity index is 1.58. The zero-order chi connectivity index (χ0) is 18.6. The summed E-state index contributed by atoms with van der Waals surface area (Å²) < 4.78 is 6.90. The van der Waals surface area contributed by atoms with Crippen LogP contribution in [-0.2, 0) is 17.9 Å². The van der Waals surface area contributed by atoms with Crippen molar-refractivity contribution in [3.63, 3.8) is 0 Å². The third-order valence-electron chi connectivity index (χ3n) is 4.14. The molecule has 0 fully saturated rings. The van der Waals surface area contributed by atoms with Gasteiger partial charge in [0, 0.05) is 10.3 Å². The number of aromatic nitrogens is 2. The largest absolute Gasteiger partial charge is 0.389 e. The van der Waals surface area contributed by atoms with Gasteiger partial charge < -0.3 is 9.84 Å². The molecule has 0 saturated heterocycles. The summed E-state index contributed by atoms with van der Waals surface area (Å²) >= 11 is 3.18. The molecule has 1 N–H and O–H groups in total. The summed E-state index contributed by atoms with van der Waals surface area (Å²) in [6.07, 6.45) is -0.812. The first kappa shape index (κ1) is 18.1. The van der Waals surface area contributed by atoms with Crippen molar-refractivity contribution in [1.82, 2.24) is 9.78 Å². The Labute approximate surface area is 164 Å². The quantitative estimate of drug-likeness (QED) is 0.515. The van der Waals surface area contributed by atoms with Gasteiger partial charge in [-0.1, -0.05) is 30.3 Å². The van der Waals surface area contributed by atoms with E-state index in [1.807, 2.05) is 53.2 Å². The van der Waals surface area contributed by atoms with Gasteiger partial charge in [-0.05, 0) is 29.0 Å². The van der Waals surface area contributed by atoms with Crippen molar-refractivity contribution in [2.75, 3.05) is 6.61 Å². The number of fused-ring (bicyclic) bond motifs is 1. The van der Waals surface area contributed by atoms with Crippen LogP contribution in [0, 0.1) is 0 Å². The van der Waals surface area contributed by atoms with Crippen LogP contribution in [0.5, 0.6) is 0 Å². The van der Waals surface area contributed by atoms with Crippen molar-refractivity contribution in [3.05, 3.63) is 74.5 Å². The lowest BCUT2D eigenvalue weighted by Crippen LogP contribution is -2.31. The average molecular weight is 399 g/mol. The first-order valence-electron chi connectivity index (χ1n) is 8.54. The molecule has 0 radical (unpaired) electrons. The van der Waals surface area contributed by atoms with Gasteiger partial charge in [0.1, 0.15) is 5.69 Å². The molecule has 0 amide bonds. The highest BCUT2D eigenvalue weighted by molar-refractivity contribution is 7.13. The minimum atomic E-state index is -0.812. The van der Waals surface area contributed by atoms with E-state index in [4.69, 9.17) is 4.74 Å². The van der Waals surface area contributed by atoms with Gasteiger partial charge in [-0.3, -0.25) is 4.79 Å². The highest BCUT2D eigenvalue weighted by Gasteiger charge is 2.15. The lowest BCUT2D eigenvalue weighted by Gasteiger charge is -2.14. The highest BCUT2D eigenvalue weighted by Crippen LogP contribution is 2.28. The van der Waals surface area contributed by atoms with Crippen molar-refractivity contribution in [1.29, 1.82) is 0 Å². The van der Waals surface area contributed by atoms with E-state index in [-0.39, 0.29) is 18.7 Å². The average Bonchev–Trinajstić information content (AvgIpc) is 3.38. The van der Waals surface area contributed by atoms with Crippen molar-refractivity contribution in [2.45, 2.75) is 19.3 Å². The Morgan fingerprint density at radius 2 is 1.81 bits per heavy atom.